The average molecular weight is 357 g/mol. The van der Waals surface area contributed by atoms with Crippen LogP contribution in [0.1, 0.15) is 29.4 Å². The smallest absolute Gasteiger partial charge is 0.261 e. The van der Waals surface area contributed by atoms with Gasteiger partial charge >= 0.3 is 0 Å². The zero-order valence-corrected chi connectivity index (χ0v) is 15.1. The highest BCUT2D eigenvalue weighted by molar-refractivity contribution is 7.15. The first-order chi connectivity index (χ1) is 12.1. The van der Waals surface area contributed by atoms with Gasteiger partial charge in [0.2, 0.25) is 0 Å². The number of carbonyl (C=O) groups excluding carboxylic acids is 1. The first-order valence-electron chi connectivity index (χ1n) is 8.79. The van der Waals surface area contributed by atoms with Crippen molar-refractivity contribution in [2.75, 3.05) is 18.8 Å². The van der Waals surface area contributed by atoms with E-state index in [4.69, 9.17) is 10.5 Å². The fourth-order valence-electron chi connectivity index (χ4n) is 3.95. The number of nitrogens with zero attached hydrogens (tertiary/aromatic N) is 1. The molecule has 2 bridgehead atoms. The van der Waals surface area contributed by atoms with Crippen LogP contribution in [-0.2, 0) is 0 Å². The van der Waals surface area contributed by atoms with E-state index in [9.17, 15) is 4.79 Å². The van der Waals surface area contributed by atoms with Crippen LogP contribution in [0.3, 0.4) is 0 Å². The topological polar surface area (TPSA) is 67.6 Å². The van der Waals surface area contributed by atoms with Gasteiger partial charge in [-0.25, -0.2) is 0 Å². The van der Waals surface area contributed by atoms with E-state index < -0.39 is 0 Å². The number of piperidine rings is 3. The molecule has 0 unspecified atom stereocenters. The number of para-hydroxylation sites is 2. The highest BCUT2D eigenvalue weighted by atomic mass is 32.1. The Labute approximate surface area is 151 Å². The van der Waals surface area contributed by atoms with Gasteiger partial charge in [0.05, 0.1) is 10.6 Å². The van der Waals surface area contributed by atoms with Crippen LogP contribution in [0.4, 0.5) is 5.69 Å². The molecule has 25 heavy (non-hydrogen) atoms. The third-order valence-corrected chi connectivity index (χ3v) is 6.37. The van der Waals surface area contributed by atoms with Gasteiger partial charge in [-0.1, -0.05) is 23.5 Å². The second-order valence-corrected chi connectivity index (χ2v) is 7.92. The minimum absolute atomic E-state index is 0.00789. The Bertz CT molecular complexity index is 766. The maximum absolute atomic E-state index is 12.7. The fraction of sp³-hybridized carbons (Fsp3) is 0.421. The van der Waals surface area contributed by atoms with Crippen molar-refractivity contribution in [3.63, 3.8) is 0 Å². The molecule has 3 saturated heterocycles. The molecule has 132 valence electrons. The molecule has 0 aliphatic carbocycles. The Balaban J connectivity index is 1.43. The van der Waals surface area contributed by atoms with E-state index in [-0.39, 0.29) is 11.9 Å². The van der Waals surface area contributed by atoms with Crippen LogP contribution in [0.2, 0.25) is 0 Å². The number of ether oxygens (including phenoxy) is 1. The number of nitrogens with one attached hydrogen (secondary N) is 1. The molecular weight excluding hydrogens is 334 g/mol. The number of thiophene rings is 1. The molecule has 3 aliphatic heterocycles. The number of benzene rings is 1. The van der Waals surface area contributed by atoms with Gasteiger partial charge in [0, 0.05) is 12.1 Å². The summed E-state index contributed by atoms with van der Waals surface area (Å²) in [7, 11) is 0. The summed E-state index contributed by atoms with van der Waals surface area (Å²) in [6.07, 6.45) is 2.36. The lowest BCUT2D eigenvalue weighted by molar-refractivity contribution is 0.0218. The quantitative estimate of drug-likeness (QED) is 0.824. The SMILES string of the molecule is C[C@@H]1[C@H](NC(=O)c2ccc(Oc3ccccc3N)s2)C2CCN1CC2. The summed E-state index contributed by atoms with van der Waals surface area (Å²) in [6.45, 7) is 4.54. The molecule has 3 N–H and O–H groups in total. The molecule has 0 spiro atoms. The number of nitrogen functional groups attached to an aromatic ring is 1. The number of amides is 1. The molecule has 4 heterocycles. The Kier molecular flexibility index (Phi) is 4.39. The van der Waals surface area contributed by atoms with Gasteiger partial charge in [-0.15, -0.1) is 0 Å². The van der Waals surface area contributed by atoms with Crippen molar-refractivity contribution in [3.8, 4) is 10.8 Å². The molecule has 3 aliphatic rings. The van der Waals surface area contributed by atoms with E-state index in [1.54, 1.807) is 6.07 Å². The summed E-state index contributed by atoms with van der Waals surface area (Å²) in [5.41, 5.74) is 6.49. The molecule has 0 saturated carbocycles. The second-order valence-electron chi connectivity index (χ2n) is 6.87. The Morgan fingerprint density at radius 1 is 1.24 bits per heavy atom. The molecule has 2 aromatic rings. The molecule has 1 aromatic carbocycles. The monoisotopic (exact) mass is 357 g/mol. The highest BCUT2D eigenvalue weighted by Gasteiger charge is 2.40. The lowest BCUT2D eigenvalue weighted by Crippen LogP contribution is -2.62. The van der Waals surface area contributed by atoms with Crippen LogP contribution in [-0.4, -0.2) is 36.0 Å². The van der Waals surface area contributed by atoms with Gasteiger partial charge in [-0.05, 0) is 63.0 Å². The zero-order chi connectivity index (χ0) is 17.4. The first kappa shape index (κ1) is 16.4. The van der Waals surface area contributed by atoms with Crippen LogP contribution in [0.25, 0.3) is 0 Å². The second kappa shape index (κ2) is 6.69. The summed E-state index contributed by atoms with van der Waals surface area (Å²) >= 11 is 1.35. The van der Waals surface area contributed by atoms with Crippen molar-refractivity contribution in [2.24, 2.45) is 5.92 Å². The van der Waals surface area contributed by atoms with Gasteiger partial charge < -0.3 is 15.8 Å². The third kappa shape index (κ3) is 3.24. The van der Waals surface area contributed by atoms with Crippen molar-refractivity contribution >= 4 is 22.9 Å². The van der Waals surface area contributed by atoms with E-state index in [1.165, 1.54) is 24.2 Å². The Morgan fingerprint density at radius 2 is 2.00 bits per heavy atom. The lowest BCUT2D eigenvalue weighted by atomic mass is 9.79. The molecule has 3 fully saturated rings. The predicted octanol–water partition coefficient (Wildman–Crippen LogP) is 3.34. The van der Waals surface area contributed by atoms with E-state index in [0.29, 0.717) is 33.3 Å². The summed E-state index contributed by atoms with van der Waals surface area (Å²) in [4.78, 5) is 15.8. The highest BCUT2D eigenvalue weighted by Crippen LogP contribution is 2.34. The maximum Gasteiger partial charge on any atom is 0.261 e. The normalized spacial score (nSPS) is 27.9. The number of fused-ring (bicyclic) bond motifs is 3. The van der Waals surface area contributed by atoms with Crippen molar-refractivity contribution in [1.82, 2.24) is 10.2 Å². The lowest BCUT2D eigenvalue weighted by Gasteiger charge is -2.49. The number of nitrogens with two attached hydrogens (primary N) is 1. The first-order valence-corrected chi connectivity index (χ1v) is 9.60. The van der Waals surface area contributed by atoms with E-state index in [1.807, 2.05) is 30.3 Å². The van der Waals surface area contributed by atoms with Gasteiger partial charge in [0.25, 0.3) is 5.91 Å². The van der Waals surface area contributed by atoms with Gasteiger partial charge in [0.15, 0.2) is 10.8 Å². The molecule has 6 heteroatoms. The third-order valence-electron chi connectivity index (χ3n) is 5.41. The summed E-state index contributed by atoms with van der Waals surface area (Å²) in [6, 6.07) is 11.7. The van der Waals surface area contributed by atoms with Gasteiger partial charge in [-0.2, -0.15) is 0 Å². The molecule has 0 radical (unpaired) electrons. The fourth-order valence-corrected chi connectivity index (χ4v) is 4.72. The average Bonchev–Trinajstić information content (AvgIpc) is 3.09. The van der Waals surface area contributed by atoms with Crippen molar-refractivity contribution in [2.45, 2.75) is 31.8 Å². The molecule has 1 aromatic heterocycles. The standard InChI is InChI=1S/C19H23N3O2S/c1-12-18(13-8-10-22(12)11-9-13)21-19(23)16-6-7-17(25-16)24-15-5-3-2-4-14(15)20/h2-7,12-13,18H,8-11,20H2,1H3,(H,21,23)/t12-,18+/m1/s1. The van der Waals surface area contributed by atoms with Gasteiger partial charge in [-0.3, -0.25) is 9.69 Å². The summed E-state index contributed by atoms with van der Waals surface area (Å²) in [5.74, 6) is 1.21. The summed E-state index contributed by atoms with van der Waals surface area (Å²) < 4.78 is 5.81. The zero-order valence-electron chi connectivity index (χ0n) is 14.3. The predicted molar refractivity (Wildman–Crippen MR) is 100 cm³/mol. The van der Waals surface area contributed by atoms with Crippen LogP contribution in [0, 0.1) is 5.92 Å². The number of hydrogen-bond donors (Lipinski definition) is 2. The molecule has 2 atom stereocenters. The summed E-state index contributed by atoms with van der Waals surface area (Å²) in [5, 5.41) is 3.93. The van der Waals surface area contributed by atoms with Crippen molar-refractivity contribution in [3.05, 3.63) is 41.3 Å². The minimum atomic E-state index is -0.00789. The molecular formula is C19H23N3O2S. The number of hydrogen-bond acceptors (Lipinski definition) is 5. The van der Waals surface area contributed by atoms with E-state index in [2.05, 4.69) is 17.1 Å². The molecule has 5 rings (SSSR count). The number of carbonyl (C=O) groups is 1. The van der Waals surface area contributed by atoms with Crippen LogP contribution >= 0.6 is 11.3 Å². The van der Waals surface area contributed by atoms with E-state index >= 15 is 0 Å². The van der Waals surface area contributed by atoms with E-state index in [0.717, 1.165) is 13.1 Å². The van der Waals surface area contributed by atoms with Crippen molar-refractivity contribution in [1.29, 1.82) is 0 Å². The number of anilines is 1. The van der Waals surface area contributed by atoms with Gasteiger partial charge in [0.1, 0.15) is 0 Å². The Morgan fingerprint density at radius 3 is 2.72 bits per heavy atom. The van der Waals surface area contributed by atoms with Crippen LogP contribution in [0.5, 0.6) is 10.8 Å². The van der Waals surface area contributed by atoms with Crippen molar-refractivity contribution < 1.29 is 9.53 Å². The largest absolute Gasteiger partial charge is 0.445 e. The molecule has 1 amide bonds. The van der Waals surface area contributed by atoms with Crippen LogP contribution < -0.4 is 15.8 Å². The van der Waals surface area contributed by atoms with Crippen LogP contribution in [0.15, 0.2) is 36.4 Å². The maximum atomic E-state index is 12.7. The Hall–Kier alpha value is -2.05. The molecule has 5 nitrogen and oxygen atoms in total. The number of rotatable bonds is 4. The minimum Gasteiger partial charge on any atom is -0.445 e.